The van der Waals surface area contributed by atoms with Crippen molar-refractivity contribution in [3.63, 3.8) is 0 Å². The highest BCUT2D eigenvalue weighted by molar-refractivity contribution is 5.64. The summed E-state index contributed by atoms with van der Waals surface area (Å²) in [6, 6.07) is 11.4. The van der Waals surface area contributed by atoms with Gasteiger partial charge in [0.15, 0.2) is 11.6 Å². The molecule has 0 heterocycles. The Morgan fingerprint density at radius 3 is 2.16 bits per heavy atom. The predicted molar refractivity (Wildman–Crippen MR) is 117 cm³/mol. The lowest BCUT2D eigenvalue weighted by Gasteiger charge is -2.29. The van der Waals surface area contributed by atoms with Gasteiger partial charge >= 0.3 is 6.36 Å². The molecule has 0 spiro atoms. The second-order valence-electron chi connectivity index (χ2n) is 8.41. The molecule has 0 saturated heterocycles. The molecule has 0 atom stereocenters. The highest BCUT2D eigenvalue weighted by Gasteiger charge is 2.32. The van der Waals surface area contributed by atoms with E-state index in [9.17, 15) is 22.0 Å². The van der Waals surface area contributed by atoms with Crippen LogP contribution in [-0.4, -0.2) is 13.0 Å². The number of unbranched alkanes of at least 4 members (excludes halogenated alkanes) is 1. The molecule has 6 heteroatoms. The average Bonchev–Trinajstić information content (AvgIpc) is 2.77. The molecule has 2 aromatic rings. The summed E-state index contributed by atoms with van der Waals surface area (Å²) in [7, 11) is 0. The van der Waals surface area contributed by atoms with Crippen molar-refractivity contribution >= 4 is 0 Å². The fraction of sp³-hybridized carbons (Fsp3) is 0.462. The van der Waals surface area contributed by atoms with Gasteiger partial charge in [-0.1, -0.05) is 48.9 Å². The lowest BCUT2D eigenvalue weighted by atomic mass is 9.77. The van der Waals surface area contributed by atoms with E-state index in [1.165, 1.54) is 30.9 Å². The van der Waals surface area contributed by atoms with Gasteiger partial charge in [0.1, 0.15) is 0 Å². The monoisotopic (exact) mass is 452 g/mol. The van der Waals surface area contributed by atoms with Crippen LogP contribution in [-0.2, 0) is 0 Å². The minimum absolute atomic E-state index is 0.290. The zero-order chi connectivity index (χ0) is 23.0. The highest BCUT2D eigenvalue weighted by Crippen LogP contribution is 2.38. The second kappa shape index (κ2) is 11.5. The van der Waals surface area contributed by atoms with Crippen LogP contribution in [0.3, 0.4) is 0 Å². The van der Waals surface area contributed by atoms with Gasteiger partial charge < -0.3 is 4.74 Å². The van der Waals surface area contributed by atoms with E-state index in [2.05, 4.69) is 10.8 Å². The van der Waals surface area contributed by atoms with Crippen molar-refractivity contribution in [2.75, 3.05) is 6.67 Å². The molecule has 1 nitrogen and oxygen atoms in total. The van der Waals surface area contributed by atoms with Crippen LogP contribution in [0.4, 0.5) is 22.0 Å². The molecule has 1 aliphatic rings. The van der Waals surface area contributed by atoms with E-state index in [-0.39, 0.29) is 6.67 Å². The van der Waals surface area contributed by atoms with Crippen molar-refractivity contribution in [3.8, 4) is 16.9 Å². The van der Waals surface area contributed by atoms with E-state index in [1.54, 1.807) is 0 Å². The second-order valence-corrected chi connectivity index (χ2v) is 8.41. The molecule has 1 saturated carbocycles. The molecule has 3 rings (SSSR count). The third-order valence-corrected chi connectivity index (χ3v) is 6.15. The van der Waals surface area contributed by atoms with Gasteiger partial charge in [0.25, 0.3) is 0 Å². The topological polar surface area (TPSA) is 9.23 Å². The minimum atomic E-state index is -4.92. The molecule has 0 aromatic heterocycles. The predicted octanol–water partition coefficient (Wildman–Crippen LogP) is 8.75. The number of alkyl halides is 4. The van der Waals surface area contributed by atoms with Crippen molar-refractivity contribution in [2.24, 2.45) is 5.92 Å². The van der Waals surface area contributed by atoms with Crippen molar-refractivity contribution < 1.29 is 26.7 Å². The average molecular weight is 453 g/mol. The lowest BCUT2D eigenvalue weighted by molar-refractivity contribution is -0.275. The highest BCUT2D eigenvalue weighted by atomic mass is 19.4. The van der Waals surface area contributed by atoms with Crippen LogP contribution in [0, 0.1) is 11.7 Å². The summed E-state index contributed by atoms with van der Waals surface area (Å²) < 4.78 is 66.6. The molecule has 0 aliphatic heterocycles. The molecule has 0 radical (unpaired) electrons. The van der Waals surface area contributed by atoms with E-state index in [1.807, 2.05) is 30.3 Å². The molecule has 0 bridgehead atoms. The summed E-state index contributed by atoms with van der Waals surface area (Å²) in [5.74, 6) is -0.616. The quantitative estimate of drug-likeness (QED) is 0.210. The van der Waals surface area contributed by atoms with Gasteiger partial charge in [0, 0.05) is 0 Å². The van der Waals surface area contributed by atoms with Crippen LogP contribution in [0.25, 0.3) is 11.1 Å². The summed E-state index contributed by atoms with van der Waals surface area (Å²) >= 11 is 0. The normalized spacial score (nSPS) is 19.4. The molecule has 32 heavy (non-hydrogen) atoms. The van der Waals surface area contributed by atoms with Gasteiger partial charge in [0.2, 0.25) is 0 Å². The number of hydrogen-bond acceptors (Lipinski definition) is 1. The fourth-order valence-electron chi connectivity index (χ4n) is 4.44. The van der Waals surface area contributed by atoms with Crippen molar-refractivity contribution in [1.29, 1.82) is 0 Å². The standard InChI is InChI=1S/C26H29F5O/c27-17-5-3-1-2-4-6-19-7-9-20(10-8-19)21-11-13-22(14-12-21)23-15-16-25(24(28)18-23)32-26(29,30)31/h1,3,11-16,18-20H,2,4-10,17H2/b3-1+. The van der Waals surface area contributed by atoms with Crippen molar-refractivity contribution in [1.82, 2.24) is 0 Å². The number of allylic oxidation sites excluding steroid dienone is 2. The SMILES string of the molecule is FCC/C=C/CCCC1CCC(c2ccc(-c3ccc(OC(F)(F)F)c(F)c3)cc2)CC1. The van der Waals surface area contributed by atoms with Crippen LogP contribution < -0.4 is 4.74 Å². The van der Waals surface area contributed by atoms with E-state index in [4.69, 9.17) is 0 Å². The third-order valence-electron chi connectivity index (χ3n) is 6.15. The van der Waals surface area contributed by atoms with Gasteiger partial charge in [-0.25, -0.2) is 4.39 Å². The van der Waals surface area contributed by atoms with Crippen LogP contribution >= 0.6 is 0 Å². The Kier molecular flexibility index (Phi) is 8.71. The number of rotatable bonds is 9. The van der Waals surface area contributed by atoms with E-state index >= 15 is 0 Å². The Balaban J connectivity index is 1.50. The van der Waals surface area contributed by atoms with E-state index in [0.29, 0.717) is 17.9 Å². The lowest BCUT2D eigenvalue weighted by Crippen LogP contribution is -2.17. The first-order valence-electron chi connectivity index (χ1n) is 11.2. The molecule has 2 aromatic carbocycles. The number of halogens is 5. The minimum Gasteiger partial charge on any atom is -0.403 e. The summed E-state index contributed by atoms with van der Waals surface area (Å²) in [5.41, 5.74) is 2.51. The van der Waals surface area contributed by atoms with Crippen molar-refractivity contribution in [3.05, 3.63) is 66.0 Å². The zero-order valence-corrected chi connectivity index (χ0v) is 18.0. The molecule has 0 amide bonds. The molecular weight excluding hydrogens is 423 g/mol. The Morgan fingerprint density at radius 2 is 1.53 bits per heavy atom. The number of ether oxygens (including phenoxy) is 1. The van der Waals surface area contributed by atoms with Gasteiger partial charge in [-0.05, 0) is 85.6 Å². The van der Waals surface area contributed by atoms with Gasteiger partial charge in [-0.15, -0.1) is 13.2 Å². The smallest absolute Gasteiger partial charge is 0.403 e. The maximum absolute atomic E-state index is 14.0. The summed E-state index contributed by atoms with van der Waals surface area (Å²) in [4.78, 5) is 0. The van der Waals surface area contributed by atoms with Crippen LogP contribution in [0.15, 0.2) is 54.6 Å². The molecule has 1 fully saturated rings. The van der Waals surface area contributed by atoms with Gasteiger partial charge in [-0.2, -0.15) is 0 Å². The molecule has 1 aliphatic carbocycles. The molecule has 0 unspecified atom stereocenters. The first-order valence-corrected chi connectivity index (χ1v) is 11.2. The number of hydrogen-bond donors (Lipinski definition) is 0. The zero-order valence-electron chi connectivity index (χ0n) is 18.0. The number of benzene rings is 2. The largest absolute Gasteiger partial charge is 0.573 e. The summed E-state index contributed by atoms with van der Waals surface area (Å²) in [6.07, 6.45) is 7.65. The van der Waals surface area contributed by atoms with Gasteiger partial charge in [0.05, 0.1) is 6.67 Å². The van der Waals surface area contributed by atoms with Crippen molar-refractivity contribution in [2.45, 2.75) is 63.6 Å². The Hall–Kier alpha value is -2.37. The van der Waals surface area contributed by atoms with Gasteiger partial charge in [-0.3, -0.25) is 4.39 Å². The van der Waals surface area contributed by atoms with Crippen LogP contribution in [0.1, 0.15) is 62.8 Å². The first kappa shape index (κ1) is 24.3. The Bertz CT molecular complexity index is 865. The maximum Gasteiger partial charge on any atom is 0.573 e. The maximum atomic E-state index is 14.0. The third kappa shape index (κ3) is 7.35. The van der Waals surface area contributed by atoms with Crippen LogP contribution in [0.2, 0.25) is 0 Å². The Morgan fingerprint density at radius 1 is 0.875 bits per heavy atom. The molecular formula is C26H29F5O. The fourth-order valence-corrected chi connectivity index (χ4v) is 4.44. The molecule has 0 N–H and O–H groups in total. The molecule has 174 valence electrons. The summed E-state index contributed by atoms with van der Waals surface area (Å²) in [5, 5.41) is 0. The van der Waals surface area contributed by atoms with Crippen LogP contribution in [0.5, 0.6) is 5.75 Å². The van der Waals surface area contributed by atoms with E-state index < -0.39 is 17.9 Å². The Labute approximate surface area is 186 Å². The summed E-state index contributed by atoms with van der Waals surface area (Å²) in [6.45, 7) is -0.290. The first-order chi connectivity index (χ1) is 15.4. The van der Waals surface area contributed by atoms with E-state index in [0.717, 1.165) is 49.3 Å².